The van der Waals surface area contributed by atoms with Crippen molar-refractivity contribution in [2.24, 2.45) is 10.7 Å². The predicted molar refractivity (Wildman–Crippen MR) is 93.5 cm³/mol. The molecule has 1 aromatic rings. The highest BCUT2D eigenvalue weighted by Crippen LogP contribution is 2.34. The van der Waals surface area contributed by atoms with Crippen LogP contribution < -0.4 is 16.4 Å². The van der Waals surface area contributed by atoms with E-state index >= 15 is 0 Å². The van der Waals surface area contributed by atoms with E-state index < -0.39 is 0 Å². The van der Waals surface area contributed by atoms with Gasteiger partial charge in [-0.05, 0) is 31.0 Å². The third-order valence-corrected chi connectivity index (χ3v) is 4.54. The fourth-order valence-corrected chi connectivity index (χ4v) is 3.37. The number of nitrogens with zero attached hydrogens (tertiary/aromatic N) is 1. The van der Waals surface area contributed by atoms with Crippen LogP contribution in [0.5, 0.6) is 0 Å². The Balaban J connectivity index is 1.98. The molecule has 6 nitrogen and oxygen atoms in total. The Morgan fingerprint density at radius 3 is 2.52 bits per heavy atom. The quantitative estimate of drug-likeness (QED) is 0.705. The first-order valence-corrected chi connectivity index (χ1v) is 8.50. The van der Waals surface area contributed by atoms with Crippen LogP contribution in [0.1, 0.15) is 36.2 Å². The number of hydrogen-bond acceptors (Lipinski definition) is 5. The Bertz CT molecular complexity index is 615. The summed E-state index contributed by atoms with van der Waals surface area (Å²) in [5, 5.41) is 6.01. The number of nitrogens with one attached hydrogen (secondary N) is 2. The number of thioether (sulfide) groups is 1. The second-order valence-electron chi connectivity index (χ2n) is 5.64. The second-order valence-corrected chi connectivity index (χ2v) is 6.75. The molecular weight excluding hydrogens is 312 g/mol. The van der Waals surface area contributed by atoms with E-state index in [2.05, 4.69) is 22.5 Å². The van der Waals surface area contributed by atoms with Gasteiger partial charge in [0.15, 0.2) is 5.17 Å². The highest BCUT2D eigenvalue weighted by atomic mass is 32.2. The van der Waals surface area contributed by atoms with Crippen molar-refractivity contribution >= 4 is 28.7 Å². The molecule has 1 unspecified atom stereocenters. The molecule has 2 rings (SSSR count). The SMILES string of the molecule is CC(=O)NCCNC(=O)c1ccc(C2(C)CCSC(N)=N2)cc1. The van der Waals surface area contributed by atoms with Crippen LogP contribution in [-0.4, -0.2) is 35.8 Å². The van der Waals surface area contributed by atoms with Gasteiger partial charge in [0.2, 0.25) is 5.91 Å². The van der Waals surface area contributed by atoms with Crippen LogP contribution in [0.25, 0.3) is 0 Å². The molecule has 0 fully saturated rings. The molecule has 1 aliphatic heterocycles. The largest absolute Gasteiger partial charge is 0.379 e. The molecule has 1 aliphatic rings. The van der Waals surface area contributed by atoms with Gasteiger partial charge < -0.3 is 16.4 Å². The summed E-state index contributed by atoms with van der Waals surface area (Å²) in [6, 6.07) is 7.44. The zero-order valence-corrected chi connectivity index (χ0v) is 14.2. The van der Waals surface area contributed by atoms with E-state index in [4.69, 9.17) is 5.73 Å². The zero-order valence-electron chi connectivity index (χ0n) is 13.4. The molecule has 0 radical (unpaired) electrons. The van der Waals surface area contributed by atoms with Gasteiger partial charge in [0.1, 0.15) is 0 Å². The maximum atomic E-state index is 12.0. The molecule has 1 aromatic carbocycles. The van der Waals surface area contributed by atoms with Crippen LogP contribution in [-0.2, 0) is 10.3 Å². The van der Waals surface area contributed by atoms with Gasteiger partial charge in [-0.25, -0.2) is 0 Å². The first kappa shape index (κ1) is 17.3. The third kappa shape index (κ3) is 4.72. The minimum absolute atomic E-state index is 0.109. The molecule has 0 saturated heterocycles. The molecule has 23 heavy (non-hydrogen) atoms. The zero-order chi connectivity index (χ0) is 16.9. The minimum Gasteiger partial charge on any atom is -0.379 e. The van der Waals surface area contributed by atoms with Crippen LogP contribution in [0.15, 0.2) is 29.3 Å². The summed E-state index contributed by atoms with van der Waals surface area (Å²) in [5.74, 6) is 0.675. The lowest BCUT2D eigenvalue weighted by molar-refractivity contribution is -0.118. The summed E-state index contributed by atoms with van der Waals surface area (Å²) in [6.45, 7) is 4.32. The van der Waals surface area contributed by atoms with Crippen molar-refractivity contribution in [3.05, 3.63) is 35.4 Å². The van der Waals surface area contributed by atoms with E-state index in [1.807, 2.05) is 12.1 Å². The Hall–Kier alpha value is -2.02. The molecule has 0 aromatic heterocycles. The Kier molecular flexibility index (Phi) is 5.65. The molecule has 0 spiro atoms. The Morgan fingerprint density at radius 1 is 1.26 bits per heavy atom. The normalized spacial score (nSPS) is 20.5. The molecule has 124 valence electrons. The second kappa shape index (κ2) is 7.50. The Labute approximate surface area is 140 Å². The summed E-state index contributed by atoms with van der Waals surface area (Å²) in [4.78, 5) is 27.3. The average molecular weight is 334 g/mol. The van der Waals surface area contributed by atoms with Crippen molar-refractivity contribution in [3.63, 3.8) is 0 Å². The molecule has 1 heterocycles. The lowest BCUT2D eigenvalue weighted by Gasteiger charge is -2.29. The van der Waals surface area contributed by atoms with Crippen LogP contribution in [0.2, 0.25) is 0 Å². The van der Waals surface area contributed by atoms with Crippen molar-refractivity contribution in [3.8, 4) is 0 Å². The standard InChI is InChI=1S/C16H22N4O2S/c1-11(21)18-8-9-19-14(22)12-3-5-13(6-4-12)16(2)7-10-23-15(17)20-16/h3-6H,7-10H2,1-2H3,(H2,17,20)(H,18,21)(H,19,22). The molecular formula is C16H22N4O2S. The number of hydrogen-bond donors (Lipinski definition) is 3. The summed E-state index contributed by atoms with van der Waals surface area (Å²) in [7, 11) is 0. The van der Waals surface area contributed by atoms with Gasteiger partial charge in [-0.1, -0.05) is 23.9 Å². The number of carbonyl (C=O) groups excluding carboxylic acids is 2. The molecule has 0 bridgehead atoms. The number of aliphatic imine (C=N–C) groups is 1. The van der Waals surface area contributed by atoms with Gasteiger partial charge in [0.05, 0.1) is 5.54 Å². The fourth-order valence-electron chi connectivity index (χ4n) is 2.39. The van der Waals surface area contributed by atoms with E-state index in [9.17, 15) is 9.59 Å². The van der Waals surface area contributed by atoms with Crippen LogP contribution >= 0.6 is 11.8 Å². The van der Waals surface area contributed by atoms with E-state index in [1.165, 1.54) is 6.92 Å². The molecule has 0 saturated carbocycles. The fraction of sp³-hybridized carbons (Fsp3) is 0.438. The lowest BCUT2D eigenvalue weighted by atomic mass is 9.89. The van der Waals surface area contributed by atoms with Crippen molar-refractivity contribution in [2.75, 3.05) is 18.8 Å². The highest BCUT2D eigenvalue weighted by molar-refractivity contribution is 8.13. The maximum Gasteiger partial charge on any atom is 0.251 e. The van der Waals surface area contributed by atoms with Gasteiger partial charge in [-0.3, -0.25) is 14.6 Å². The maximum absolute atomic E-state index is 12.0. The van der Waals surface area contributed by atoms with Gasteiger partial charge >= 0.3 is 0 Å². The van der Waals surface area contributed by atoms with Gasteiger partial charge in [0, 0.05) is 31.3 Å². The smallest absolute Gasteiger partial charge is 0.251 e. The predicted octanol–water partition coefficient (Wildman–Crippen LogP) is 1.22. The summed E-state index contributed by atoms with van der Waals surface area (Å²) >= 11 is 1.57. The van der Waals surface area contributed by atoms with Gasteiger partial charge in [0.25, 0.3) is 5.91 Å². The number of amidine groups is 1. The van der Waals surface area contributed by atoms with Gasteiger partial charge in [-0.2, -0.15) is 0 Å². The monoisotopic (exact) mass is 334 g/mol. The topological polar surface area (TPSA) is 96.6 Å². The van der Waals surface area contributed by atoms with Crippen molar-refractivity contribution in [2.45, 2.75) is 25.8 Å². The van der Waals surface area contributed by atoms with E-state index in [0.717, 1.165) is 17.7 Å². The highest BCUT2D eigenvalue weighted by Gasteiger charge is 2.29. The van der Waals surface area contributed by atoms with Crippen molar-refractivity contribution < 1.29 is 9.59 Å². The van der Waals surface area contributed by atoms with Crippen LogP contribution in [0.4, 0.5) is 0 Å². The molecule has 4 N–H and O–H groups in total. The molecule has 0 aliphatic carbocycles. The average Bonchev–Trinajstić information content (AvgIpc) is 2.51. The van der Waals surface area contributed by atoms with E-state index in [-0.39, 0.29) is 17.4 Å². The summed E-state index contributed by atoms with van der Waals surface area (Å²) in [5.41, 5.74) is 7.15. The van der Waals surface area contributed by atoms with Gasteiger partial charge in [-0.15, -0.1) is 0 Å². The third-order valence-electron chi connectivity index (χ3n) is 3.75. The summed E-state index contributed by atoms with van der Waals surface area (Å²) in [6.07, 6.45) is 0.917. The van der Waals surface area contributed by atoms with Crippen LogP contribution in [0, 0.1) is 0 Å². The first-order valence-electron chi connectivity index (χ1n) is 7.52. The number of nitrogens with two attached hydrogens (primary N) is 1. The minimum atomic E-state index is -0.324. The van der Waals surface area contributed by atoms with Crippen LogP contribution in [0.3, 0.4) is 0 Å². The number of amides is 2. The summed E-state index contributed by atoms with van der Waals surface area (Å²) < 4.78 is 0. The number of benzene rings is 1. The van der Waals surface area contributed by atoms with Crippen molar-refractivity contribution in [1.29, 1.82) is 0 Å². The van der Waals surface area contributed by atoms with Crippen molar-refractivity contribution in [1.82, 2.24) is 10.6 Å². The number of rotatable bonds is 5. The van der Waals surface area contributed by atoms with E-state index in [0.29, 0.717) is 23.8 Å². The molecule has 1 atom stereocenters. The molecule has 7 heteroatoms. The number of carbonyl (C=O) groups is 2. The lowest BCUT2D eigenvalue weighted by Crippen LogP contribution is -2.33. The van der Waals surface area contributed by atoms with E-state index in [1.54, 1.807) is 23.9 Å². The Morgan fingerprint density at radius 2 is 1.91 bits per heavy atom. The first-order chi connectivity index (χ1) is 10.9. The molecule has 2 amide bonds.